The number of hydrogen-bond donors (Lipinski definition) is 2. The predicted molar refractivity (Wildman–Crippen MR) is 83.5 cm³/mol. The van der Waals surface area contributed by atoms with E-state index >= 15 is 0 Å². The Morgan fingerprint density at radius 2 is 1.96 bits per heavy atom. The monoisotopic (exact) mass is 314 g/mol. The molecule has 118 valence electrons. The summed E-state index contributed by atoms with van der Waals surface area (Å²) in [4.78, 5) is 15.9. The Kier molecular flexibility index (Phi) is 3.61. The van der Waals surface area contributed by atoms with Crippen LogP contribution in [0, 0.1) is 5.82 Å². The van der Waals surface area contributed by atoms with Gasteiger partial charge in [0, 0.05) is 5.56 Å². The number of rotatable bonds is 4. The molecule has 3 aromatic rings. The van der Waals surface area contributed by atoms with Gasteiger partial charge in [-0.1, -0.05) is 6.07 Å². The highest BCUT2D eigenvalue weighted by Gasteiger charge is 2.33. The molecular weight excluding hydrogens is 299 g/mol. The van der Waals surface area contributed by atoms with Crippen LogP contribution in [-0.2, 0) is 10.3 Å². The lowest BCUT2D eigenvalue weighted by Gasteiger charge is -2.24. The number of carbonyl (C=O) groups is 1. The Morgan fingerprint density at radius 3 is 2.57 bits per heavy atom. The smallest absolute Gasteiger partial charge is 0.328 e. The second-order valence-corrected chi connectivity index (χ2v) is 5.39. The summed E-state index contributed by atoms with van der Waals surface area (Å²) >= 11 is 0. The van der Waals surface area contributed by atoms with Crippen LogP contribution in [0.5, 0.6) is 0 Å². The molecule has 0 aliphatic carbocycles. The number of aliphatic carboxylic acids is 1. The second kappa shape index (κ2) is 5.48. The number of nitrogens with zero attached hydrogens (tertiary/aromatic N) is 1. The van der Waals surface area contributed by atoms with Crippen LogP contribution in [0.1, 0.15) is 12.5 Å². The molecule has 1 heterocycles. The van der Waals surface area contributed by atoms with Gasteiger partial charge in [-0.3, -0.25) is 0 Å². The number of benzene rings is 2. The van der Waals surface area contributed by atoms with Gasteiger partial charge in [0.25, 0.3) is 0 Å². The van der Waals surface area contributed by atoms with Gasteiger partial charge in [-0.2, -0.15) is 0 Å². The number of halogens is 1. The minimum absolute atomic E-state index is 0.335. The largest absolute Gasteiger partial charge is 0.480 e. The maximum atomic E-state index is 13.0. The summed E-state index contributed by atoms with van der Waals surface area (Å²) in [5.74, 6) is -0.960. The molecule has 1 unspecified atom stereocenters. The van der Waals surface area contributed by atoms with Crippen LogP contribution in [0.3, 0.4) is 0 Å². The van der Waals surface area contributed by atoms with Gasteiger partial charge < -0.3 is 14.8 Å². The van der Waals surface area contributed by atoms with E-state index in [1.54, 1.807) is 44.3 Å². The average molecular weight is 314 g/mol. The quantitative estimate of drug-likeness (QED) is 0.773. The lowest BCUT2D eigenvalue weighted by molar-refractivity contribution is -0.144. The molecule has 0 aliphatic heterocycles. The van der Waals surface area contributed by atoms with Gasteiger partial charge >= 0.3 is 5.97 Å². The van der Waals surface area contributed by atoms with E-state index < -0.39 is 11.5 Å². The van der Waals surface area contributed by atoms with E-state index in [0.717, 1.165) is 0 Å². The normalized spacial score (nSPS) is 13.9. The lowest BCUT2D eigenvalue weighted by Crippen LogP contribution is -2.44. The van der Waals surface area contributed by atoms with Crippen molar-refractivity contribution in [3.8, 4) is 11.5 Å². The van der Waals surface area contributed by atoms with Crippen LogP contribution in [-0.4, -0.2) is 23.1 Å². The van der Waals surface area contributed by atoms with Crippen molar-refractivity contribution in [2.75, 3.05) is 7.05 Å². The van der Waals surface area contributed by atoms with E-state index in [4.69, 9.17) is 4.42 Å². The van der Waals surface area contributed by atoms with E-state index in [0.29, 0.717) is 28.1 Å². The zero-order chi connectivity index (χ0) is 16.6. The van der Waals surface area contributed by atoms with E-state index in [2.05, 4.69) is 10.3 Å². The number of oxazole rings is 1. The first-order valence-electron chi connectivity index (χ1n) is 7.03. The first kappa shape index (κ1) is 15.2. The molecule has 2 N–H and O–H groups in total. The Bertz CT molecular complexity index is 873. The van der Waals surface area contributed by atoms with Gasteiger partial charge in [-0.05, 0) is 55.9 Å². The molecule has 0 aliphatic rings. The zero-order valence-corrected chi connectivity index (χ0v) is 12.6. The minimum Gasteiger partial charge on any atom is -0.480 e. The third kappa shape index (κ3) is 2.57. The van der Waals surface area contributed by atoms with Crippen LogP contribution >= 0.6 is 0 Å². The van der Waals surface area contributed by atoms with Gasteiger partial charge in [-0.25, -0.2) is 14.2 Å². The van der Waals surface area contributed by atoms with Crippen molar-refractivity contribution in [1.29, 1.82) is 0 Å². The molecular formula is C17H15FN2O3. The fraction of sp³-hybridized carbons (Fsp3) is 0.176. The molecule has 6 heteroatoms. The highest BCUT2D eigenvalue weighted by molar-refractivity contribution is 5.84. The fourth-order valence-electron chi connectivity index (χ4n) is 2.33. The first-order chi connectivity index (χ1) is 10.9. The van der Waals surface area contributed by atoms with Crippen molar-refractivity contribution in [3.63, 3.8) is 0 Å². The topological polar surface area (TPSA) is 75.4 Å². The molecule has 23 heavy (non-hydrogen) atoms. The van der Waals surface area contributed by atoms with Crippen molar-refractivity contribution in [1.82, 2.24) is 10.3 Å². The molecule has 1 atom stereocenters. The standard InChI is InChI=1S/C17H15FN2O3/c1-17(19-2,16(21)22)11-5-8-14-13(9-11)20-15(23-14)10-3-6-12(18)7-4-10/h3-9,19H,1-2H3,(H,21,22). The van der Waals surface area contributed by atoms with Crippen LogP contribution in [0.25, 0.3) is 22.6 Å². The average Bonchev–Trinajstić information content (AvgIpc) is 2.97. The Morgan fingerprint density at radius 1 is 1.26 bits per heavy atom. The van der Waals surface area contributed by atoms with Crippen LogP contribution < -0.4 is 5.32 Å². The van der Waals surface area contributed by atoms with Crippen molar-refractivity contribution >= 4 is 17.1 Å². The second-order valence-electron chi connectivity index (χ2n) is 5.39. The Balaban J connectivity index is 2.08. The van der Waals surface area contributed by atoms with Gasteiger partial charge in [-0.15, -0.1) is 0 Å². The Hall–Kier alpha value is -2.73. The van der Waals surface area contributed by atoms with E-state index in [1.165, 1.54) is 12.1 Å². The highest BCUT2D eigenvalue weighted by atomic mass is 19.1. The SMILES string of the molecule is CNC(C)(C(=O)O)c1ccc2oc(-c3ccc(F)cc3)nc2c1. The van der Waals surface area contributed by atoms with Gasteiger partial charge in [0.2, 0.25) is 5.89 Å². The maximum absolute atomic E-state index is 13.0. The summed E-state index contributed by atoms with van der Waals surface area (Å²) in [6, 6.07) is 10.9. The van der Waals surface area contributed by atoms with Crippen molar-refractivity contribution in [2.45, 2.75) is 12.5 Å². The summed E-state index contributed by atoms with van der Waals surface area (Å²) in [7, 11) is 1.59. The third-order valence-corrected chi connectivity index (χ3v) is 3.98. The van der Waals surface area contributed by atoms with Gasteiger partial charge in [0.1, 0.15) is 16.9 Å². The number of nitrogens with one attached hydrogen (secondary N) is 1. The van der Waals surface area contributed by atoms with Crippen molar-refractivity contribution < 1.29 is 18.7 Å². The minimum atomic E-state index is -1.22. The molecule has 5 nitrogen and oxygen atoms in total. The van der Waals surface area contributed by atoms with Gasteiger partial charge in [0.05, 0.1) is 0 Å². The predicted octanol–water partition coefficient (Wildman–Crippen LogP) is 3.15. The van der Waals surface area contributed by atoms with Crippen LogP contribution in [0.15, 0.2) is 46.9 Å². The molecule has 2 aromatic carbocycles. The highest BCUT2D eigenvalue weighted by Crippen LogP contribution is 2.28. The third-order valence-electron chi connectivity index (χ3n) is 3.98. The van der Waals surface area contributed by atoms with E-state index in [9.17, 15) is 14.3 Å². The molecule has 0 saturated heterocycles. The number of carboxylic acids is 1. The van der Waals surface area contributed by atoms with E-state index in [-0.39, 0.29) is 5.82 Å². The molecule has 0 radical (unpaired) electrons. The molecule has 0 bridgehead atoms. The lowest BCUT2D eigenvalue weighted by atomic mass is 9.92. The number of aromatic nitrogens is 1. The molecule has 1 aromatic heterocycles. The molecule has 0 saturated carbocycles. The van der Waals surface area contributed by atoms with Gasteiger partial charge in [0.15, 0.2) is 5.58 Å². The van der Waals surface area contributed by atoms with Crippen molar-refractivity contribution in [2.24, 2.45) is 0 Å². The molecule has 0 fully saturated rings. The summed E-state index contributed by atoms with van der Waals surface area (Å²) < 4.78 is 18.6. The number of carboxylic acid groups (broad SMARTS) is 1. The summed E-state index contributed by atoms with van der Waals surface area (Å²) in [6.45, 7) is 1.58. The Labute approximate surface area is 131 Å². The molecule has 0 amide bonds. The number of hydrogen-bond acceptors (Lipinski definition) is 4. The molecule has 3 rings (SSSR count). The summed E-state index contributed by atoms with van der Waals surface area (Å²) in [5, 5.41) is 12.2. The summed E-state index contributed by atoms with van der Waals surface area (Å²) in [5.41, 5.74) is 1.09. The number of fused-ring (bicyclic) bond motifs is 1. The number of likely N-dealkylation sites (N-methyl/N-ethyl adjacent to an activating group) is 1. The molecule has 0 spiro atoms. The van der Waals surface area contributed by atoms with Crippen LogP contribution in [0.2, 0.25) is 0 Å². The van der Waals surface area contributed by atoms with Crippen LogP contribution in [0.4, 0.5) is 4.39 Å². The van der Waals surface area contributed by atoms with E-state index in [1.807, 2.05) is 0 Å². The summed E-state index contributed by atoms with van der Waals surface area (Å²) in [6.07, 6.45) is 0. The maximum Gasteiger partial charge on any atom is 0.328 e. The van der Waals surface area contributed by atoms with Crippen molar-refractivity contribution in [3.05, 3.63) is 53.8 Å². The zero-order valence-electron chi connectivity index (χ0n) is 12.6. The fourth-order valence-corrected chi connectivity index (χ4v) is 2.33. The first-order valence-corrected chi connectivity index (χ1v) is 7.03.